The number of hydrogen-bond acceptors (Lipinski definition) is 6. The number of carbonyl (C=O) groups excluding carboxylic acids is 1. The number of nitrogens with one attached hydrogen (secondary N) is 1. The molecule has 0 radical (unpaired) electrons. The van der Waals surface area contributed by atoms with Crippen LogP contribution in [-0.4, -0.2) is 25.7 Å². The SMILES string of the molecule is CCCCOC(=O)CC(NC)c1cc2c(c(=O)o1)C=C1CCCCC1O2. The molecule has 1 saturated carbocycles. The molecule has 0 spiro atoms. The lowest BCUT2D eigenvalue weighted by Gasteiger charge is -2.30. The lowest BCUT2D eigenvalue weighted by molar-refractivity contribution is -0.144. The summed E-state index contributed by atoms with van der Waals surface area (Å²) in [6, 6.07) is 1.31. The average molecular weight is 361 g/mol. The summed E-state index contributed by atoms with van der Waals surface area (Å²) in [6.45, 7) is 2.45. The highest BCUT2D eigenvalue weighted by Crippen LogP contribution is 2.36. The molecule has 0 amide bonds. The van der Waals surface area contributed by atoms with Crippen molar-refractivity contribution in [2.75, 3.05) is 13.7 Å². The van der Waals surface area contributed by atoms with E-state index in [0.717, 1.165) is 38.5 Å². The van der Waals surface area contributed by atoms with E-state index >= 15 is 0 Å². The van der Waals surface area contributed by atoms with Crippen LogP contribution in [-0.2, 0) is 9.53 Å². The summed E-state index contributed by atoms with van der Waals surface area (Å²) in [7, 11) is 1.73. The first kappa shape index (κ1) is 18.7. The molecule has 6 nitrogen and oxygen atoms in total. The summed E-state index contributed by atoms with van der Waals surface area (Å²) in [4.78, 5) is 24.4. The third-order valence-electron chi connectivity index (χ3n) is 4.99. The normalized spacial score (nSPS) is 19.6. The maximum atomic E-state index is 12.4. The zero-order valence-corrected chi connectivity index (χ0v) is 15.5. The summed E-state index contributed by atoms with van der Waals surface area (Å²) in [6.07, 6.45) is 8.09. The lowest BCUT2D eigenvalue weighted by atomic mass is 9.89. The third kappa shape index (κ3) is 4.18. The first-order valence-corrected chi connectivity index (χ1v) is 9.50. The van der Waals surface area contributed by atoms with Crippen LogP contribution < -0.4 is 15.7 Å². The van der Waals surface area contributed by atoms with Crippen LogP contribution in [0.5, 0.6) is 5.75 Å². The maximum absolute atomic E-state index is 12.4. The van der Waals surface area contributed by atoms with Crippen molar-refractivity contribution in [2.45, 2.75) is 64.0 Å². The van der Waals surface area contributed by atoms with Gasteiger partial charge in [0.1, 0.15) is 23.2 Å². The van der Waals surface area contributed by atoms with Crippen LogP contribution in [0.25, 0.3) is 6.08 Å². The molecule has 1 aliphatic heterocycles. The highest BCUT2D eigenvalue weighted by Gasteiger charge is 2.29. The standard InChI is InChI=1S/C20H27NO5/c1-3-4-9-24-19(22)11-15(21-2)18-12-17-14(20(23)26-18)10-13-7-5-6-8-16(13)25-17/h10,12,15-16,21H,3-9,11H2,1-2H3. The van der Waals surface area contributed by atoms with Crippen molar-refractivity contribution < 1.29 is 18.7 Å². The van der Waals surface area contributed by atoms with Crippen LogP contribution in [0.4, 0.5) is 0 Å². The molecule has 6 heteroatoms. The predicted octanol–water partition coefficient (Wildman–Crippen LogP) is 3.35. The van der Waals surface area contributed by atoms with Crippen LogP contribution in [0.2, 0.25) is 0 Å². The minimum absolute atomic E-state index is 0.0537. The largest absolute Gasteiger partial charge is 0.485 e. The van der Waals surface area contributed by atoms with Crippen LogP contribution >= 0.6 is 0 Å². The van der Waals surface area contributed by atoms with Crippen LogP contribution in [0, 0.1) is 0 Å². The van der Waals surface area contributed by atoms with E-state index in [1.54, 1.807) is 13.1 Å². The van der Waals surface area contributed by atoms with E-state index in [1.165, 1.54) is 5.57 Å². The van der Waals surface area contributed by atoms with Gasteiger partial charge in [-0.05, 0) is 50.8 Å². The smallest absolute Gasteiger partial charge is 0.347 e. The van der Waals surface area contributed by atoms with Gasteiger partial charge in [0, 0.05) is 6.07 Å². The average Bonchev–Trinajstić information content (AvgIpc) is 2.65. The van der Waals surface area contributed by atoms with E-state index in [4.69, 9.17) is 13.9 Å². The van der Waals surface area contributed by atoms with E-state index < -0.39 is 11.7 Å². The van der Waals surface area contributed by atoms with Crippen molar-refractivity contribution in [2.24, 2.45) is 0 Å². The molecule has 0 bridgehead atoms. The zero-order valence-electron chi connectivity index (χ0n) is 15.5. The van der Waals surface area contributed by atoms with Gasteiger partial charge in [-0.3, -0.25) is 4.79 Å². The Labute approximate surface area is 153 Å². The molecule has 1 aromatic rings. The van der Waals surface area contributed by atoms with Gasteiger partial charge in [-0.15, -0.1) is 0 Å². The molecule has 26 heavy (non-hydrogen) atoms. The number of rotatable bonds is 7. The Morgan fingerprint density at radius 3 is 3.04 bits per heavy atom. The van der Waals surface area contributed by atoms with Gasteiger partial charge in [0.2, 0.25) is 0 Å². The van der Waals surface area contributed by atoms with Crippen molar-refractivity contribution in [3.05, 3.63) is 33.4 Å². The second-order valence-corrected chi connectivity index (χ2v) is 6.91. The van der Waals surface area contributed by atoms with Crippen LogP contribution in [0.15, 0.2) is 20.9 Å². The minimum atomic E-state index is -0.428. The Morgan fingerprint density at radius 1 is 1.42 bits per heavy atom. The summed E-state index contributed by atoms with van der Waals surface area (Å²) < 4.78 is 16.8. The molecule has 2 atom stereocenters. The van der Waals surface area contributed by atoms with Crippen LogP contribution in [0.3, 0.4) is 0 Å². The van der Waals surface area contributed by atoms with Crippen LogP contribution in [0.1, 0.15) is 69.2 Å². The van der Waals surface area contributed by atoms with Gasteiger partial charge in [0.25, 0.3) is 0 Å². The van der Waals surface area contributed by atoms with Gasteiger partial charge in [0.15, 0.2) is 0 Å². The van der Waals surface area contributed by atoms with Gasteiger partial charge < -0.3 is 19.2 Å². The van der Waals surface area contributed by atoms with Crippen molar-refractivity contribution in [1.29, 1.82) is 0 Å². The molecular weight excluding hydrogens is 334 g/mol. The first-order valence-electron chi connectivity index (χ1n) is 9.50. The maximum Gasteiger partial charge on any atom is 0.347 e. The molecule has 0 aromatic carbocycles. The second-order valence-electron chi connectivity index (χ2n) is 6.91. The molecule has 2 unspecified atom stereocenters. The number of esters is 1. The van der Waals surface area contributed by atoms with Gasteiger partial charge >= 0.3 is 11.6 Å². The summed E-state index contributed by atoms with van der Waals surface area (Å²) in [5.74, 6) is 0.636. The van der Waals surface area contributed by atoms with E-state index in [0.29, 0.717) is 23.7 Å². The Hall–Kier alpha value is -2.08. The Bertz CT molecular complexity index is 736. The second kappa shape index (κ2) is 8.54. The number of hydrogen-bond donors (Lipinski definition) is 1. The van der Waals surface area contributed by atoms with Gasteiger partial charge in [-0.1, -0.05) is 13.3 Å². The molecule has 2 aliphatic rings. The molecule has 3 rings (SSSR count). The molecular formula is C20H27NO5. The summed E-state index contributed by atoms with van der Waals surface area (Å²) in [5, 5.41) is 3.03. The van der Waals surface area contributed by atoms with E-state index in [9.17, 15) is 9.59 Å². The minimum Gasteiger partial charge on any atom is -0.485 e. The molecule has 142 valence electrons. The summed E-state index contributed by atoms with van der Waals surface area (Å²) in [5.41, 5.74) is 1.23. The molecule has 1 aromatic heterocycles. The Balaban J connectivity index is 1.78. The molecule has 1 aliphatic carbocycles. The van der Waals surface area contributed by atoms with E-state index in [-0.39, 0.29) is 18.5 Å². The number of ether oxygens (including phenoxy) is 2. The monoisotopic (exact) mass is 361 g/mol. The first-order chi connectivity index (χ1) is 12.6. The summed E-state index contributed by atoms with van der Waals surface area (Å²) >= 11 is 0. The fraction of sp³-hybridized carbons (Fsp3) is 0.600. The highest BCUT2D eigenvalue weighted by atomic mass is 16.5. The topological polar surface area (TPSA) is 77.8 Å². The Morgan fingerprint density at radius 2 is 2.27 bits per heavy atom. The number of carbonyl (C=O) groups is 1. The number of unbranched alkanes of at least 4 members (excludes halogenated alkanes) is 1. The fourth-order valence-corrected chi connectivity index (χ4v) is 3.44. The van der Waals surface area contributed by atoms with Crippen molar-refractivity contribution >= 4 is 12.0 Å². The van der Waals surface area contributed by atoms with E-state index in [2.05, 4.69) is 5.32 Å². The lowest BCUT2D eigenvalue weighted by Crippen LogP contribution is -2.29. The number of fused-ring (bicyclic) bond motifs is 2. The Kier molecular flexibility index (Phi) is 6.14. The van der Waals surface area contributed by atoms with Crippen molar-refractivity contribution in [3.63, 3.8) is 0 Å². The fourth-order valence-electron chi connectivity index (χ4n) is 3.44. The highest BCUT2D eigenvalue weighted by molar-refractivity contribution is 5.70. The van der Waals surface area contributed by atoms with E-state index in [1.807, 2.05) is 13.0 Å². The third-order valence-corrected chi connectivity index (χ3v) is 4.99. The van der Waals surface area contributed by atoms with Gasteiger partial charge in [-0.2, -0.15) is 0 Å². The van der Waals surface area contributed by atoms with Gasteiger partial charge in [0.05, 0.1) is 19.1 Å². The molecule has 2 heterocycles. The zero-order chi connectivity index (χ0) is 18.5. The predicted molar refractivity (Wildman–Crippen MR) is 98.1 cm³/mol. The van der Waals surface area contributed by atoms with Crippen molar-refractivity contribution in [1.82, 2.24) is 5.32 Å². The van der Waals surface area contributed by atoms with Crippen molar-refractivity contribution in [3.8, 4) is 5.75 Å². The van der Waals surface area contributed by atoms with Gasteiger partial charge in [-0.25, -0.2) is 4.79 Å². The molecule has 1 fully saturated rings. The quantitative estimate of drug-likeness (QED) is 0.593. The molecule has 0 saturated heterocycles. The molecule has 1 N–H and O–H groups in total.